The Bertz CT molecular complexity index is 487. The van der Waals surface area contributed by atoms with E-state index in [2.05, 4.69) is 31.9 Å². The number of carbonyl (C=O) groups excluding carboxylic acids is 2. The Hall–Kier alpha value is -0.640. The van der Waals surface area contributed by atoms with Crippen LogP contribution in [0.1, 0.15) is 41.5 Å². The monoisotopic (exact) mass is 534 g/mol. The lowest BCUT2D eigenvalue weighted by molar-refractivity contribution is 0.0274. The van der Waals surface area contributed by atoms with Crippen molar-refractivity contribution < 1.29 is 27.8 Å². The van der Waals surface area contributed by atoms with Crippen LogP contribution < -0.4 is 0 Å². The zero-order chi connectivity index (χ0) is 21.9. The minimum absolute atomic E-state index is 0.116. The molecule has 0 aromatic heterocycles. The minimum Gasteiger partial charge on any atom is -0.444 e. The highest BCUT2D eigenvalue weighted by Crippen LogP contribution is 2.23. The molecule has 0 saturated carbocycles. The van der Waals surface area contributed by atoms with Crippen LogP contribution in [0.2, 0.25) is 0 Å². The Balaban J connectivity index is 0.000000280. The van der Waals surface area contributed by atoms with Gasteiger partial charge in [-0.2, -0.15) is 0 Å². The van der Waals surface area contributed by atoms with Crippen LogP contribution in [0.5, 0.6) is 0 Å². The molecule has 2 heterocycles. The maximum Gasteiger partial charge on any atom is 0.410 e. The lowest BCUT2D eigenvalue weighted by Gasteiger charge is -2.24. The van der Waals surface area contributed by atoms with E-state index in [0.29, 0.717) is 13.1 Å². The first-order chi connectivity index (χ1) is 12.6. The third kappa shape index (κ3) is 8.80. The molecule has 0 aliphatic carbocycles. The van der Waals surface area contributed by atoms with Crippen LogP contribution in [-0.4, -0.2) is 81.4 Å². The number of ether oxygens (including phenoxy) is 2. The molecule has 2 rings (SSSR count). The molecule has 164 valence electrons. The highest BCUT2D eigenvalue weighted by molar-refractivity contribution is 9.09. The highest BCUT2D eigenvalue weighted by Gasteiger charge is 2.36. The summed E-state index contributed by atoms with van der Waals surface area (Å²) in [6, 6.07) is 0. The van der Waals surface area contributed by atoms with Gasteiger partial charge in [-0.1, -0.05) is 31.9 Å². The molecule has 0 aromatic rings. The number of likely N-dealkylation sites (tertiary alicyclic amines) is 2. The zero-order valence-electron chi connectivity index (χ0n) is 17.2. The molecule has 2 aliphatic rings. The summed E-state index contributed by atoms with van der Waals surface area (Å²) < 4.78 is 36.4. The Morgan fingerprint density at radius 2 is 1.04 bits per heavy atom. The van der Waals surface area contributed by atoms with E-state index >= 15 is 0 Å². The molecule has 0 radical (unpaired) electrons. The fraction of sp³-hybridized carbons (Fsp3) is 0.889. The zero-order valence-corrected chi connectivity index (χ0v) is 20.3. The number of amides is 2. The number of hydrogen-bond donors (Lipinski definition) is 0. The summed E-state index contributed by atoms with van der Waals surface area (Å²) in [4.78, 5) is 25.2. The fourth-order valence-electron chi connectivity index (χ4n) is 2.40. The first-order valence-corrected chi connectivity index (χ1v) is 10.9. The molecule has 28 heavy (non-hydrogen) atoms. The number of nitrogens with zero attached hydrogens (tertiary/aromatic N) is 2. The second-order valence-corrected chi connectivity index (χ2v) is 11.2. The van der Waals surface area contributed by atoms with Gasteiger partial charge in [0.1, 0.15) is 23.5 Å². The van der Waals surface area contributed by atoms with Gasteiger partial charge >= 0.3 is 12.2 Å². The number of carbonyl (C=O) groups is 2. The number of rotatable bonds is 0. The Kier molecular flexibility index (Phi) is 8.99. The minimum atomic E-state index is -0.998. The van der Waals surface area contributed by atoms with Crippen LogP contribution in [0.3, 0.4) is 0 Å². The van der Waals surface area contributed by atoms with E-state index in [1.807, 2.05) is 0 Å². The van der Waals surface area contributed by atoms with E-state index in [1.54, 1.807) is 41.5 Å². The number of halogens is 4. The summed E-state index contributed by atoms with van der Waals surface area (Å²) in [7, 11) is 0. The van der Waals surface area contributed by atoms with E-state index in [4.69, 9.17) is 9.47 Å². The molecule has 2 fully saturated rings. The van der Waals surface area contributed by atoms with Crippen LogP contribution >= 0.6 is 31.9 Å². The van der Waals surface area contributed by atoms with E-state index in [1.165, 1.54) is 9.80 Å². The topological polar surface area (TPSA) is 59.1 Å². The van der Waals surface area contributed by atoms with Crippen molar-refractivity contribution in [1.82, 2.24) is 9.80 Å². The van der Waals surface area contributed by atoms with Gasteiger partial charge in [-0.3, -0.25) is 0 Å². The molecular weight excluding hydrogens is 506 g/mol. The molecule has 4 atom stereocenters. The first-order valence-electron chi connectivity index (χ1n) is 9.11. The maximum absolute atomic E-state index is 13.1. The van der Waals surface area contributed by atoms with E-state index in [0.717, 1.165) is 0 Å². The van der Waals surface area contributed by atoms with Gasteiger partial charge in [0.25, 0.3) is 0 Å². The van der Waals surface area contributed by atoms with Gasteiger partial charge in [0.15, 0.2) is 0 Å². The summed E-state index contributed by atoms with van der Waals surface area (Å²) in [5, 5.41) is 0. The average Bonchev–Trinajstić information content (AvgIpc) is 3.00. The molecule has 10 heteroatoms. The molecule has 0 spiro atoms. The van der Waals surface area contributed by atoms with Gasteiger partial charge in [-0.15, -0.1) is 0 Å². The molecule has 2 amide bonds. The van der Waals surface area contributed by atoms with Crippen LogP contribution in [0.4, 0.5) is 18.4 Å². The summed E-state index contributed by atoms with van der Waals surface area (Å²) in [6.07, 6.45) is -2.88. The maximum atomic E-state index is 13.1. The summed E-state index contributed by atoms with van der Waals surface area (Å²) >= 11 is 6.34. The Labute approximate surface area is 182 Å². The highest BCUT2D eigenvalue weighted by atomic mass is 79.9. The van der Waals surface area contributed by atoms with Crippen LogP contribution in [0.25, 0.3) is 0 Å². The second kappa shape index (κ2) is 9.91. The first kappa shape index (κ1) is 25.4. The van der Waals surface area contributed by atoms with Crippen molar-refractivity contribution in [2.24, 2.45) is 0 Å². The third-order valence-electron chi connectivity index (χ3n) is 3.67. The van der Waals surface area contributed by atoms with Crippen LogP contribution in [-0.2, 0) is 9.47 Å². The molecule has 2 aliphatic heterocycles. The van der Waals surface area contributed by atoms with Gasteiger partial charge in [-0.05, 0) is 41.5 Å². The van der Waals surface area contributed by atoms with Crippen molar-refractivity contribution in [3.05, 3.63) is 0 Å². The predicted molar refractivity (Wildman–Crippen MR) is 111 cm³/mol. The van der Waals surface area contributed by atoms with E-state index in [-0.39, 0.29) is 22.7 Å². The van der Waals surface area contributed by atoms with Crippen molar-refractivity contribution in [3.8, 4) is 0 Å². The Morgan fingerprint density at radius 1 is 0.750 bits per heavy atom. The lowest BCUT2D eigenvalue weighted by atomic mass is 10.2. The SMILES string of the molecule is CC(C)(C)OC(=O)N1C[C@@H](F)[C@H](Br)C1.CC(C)(C)OC(=O)N1C[C@H](F)[C@@H](Br)C1. The standard InChI is InChI=1S/2C9H15BrFNO2/c2*1-9(2,3)14-8(13)12-4-6(10)7(11)5-12/h2*6-7H,4-5H2,1-3H3/t2*6-,7-/m10/s1. The molecular formula is C18H30Br2F2N2O4. The summed E-state index contributed by atoms with van der Waals surface area (Å²) in [5.41, 5.74) is -1.04. The van der Waals surface area contributed by atoms with Crippen molar-refractivity contribution in [2.75, 3.05) is 26.2 Å². The van der Waals surface area contributed by atoms with Crippen molar-refractivity contribution in [2.45, 2.75) is 74.7 Å². The average molecular weight is 536 g/mol. The molecule has 2 saturated heterocycles. The number of hydrogen-bond acceptors (Lipinski definition) is 4. The van der Waals surface area contributed by atoms with Gasteiger partial charge < -0.3 is 19.3 Å². The lowest BCUT2D eigenvalue weighted by Crippen LogP contribution is -2.35. The molecule has 6 nitrogen and oxygen atoms in total. The van der Waals surface area contributed by atoms with Gasteiger partial charge in [0.2, 0.25) is 0 Å². The second-order valence-electron chi connectivity index (χ2n) is 8.83. The van der Waals surface area contributed by atoms with Gasteiger partial charge in [-0.25, -0.2) is 18.4 Å². The number of alkyl halides is 4. The molecule has 0 bridgehead atoms. The molecule has 0 N–H and O–H groups in total. The normalized spacial score (nSPS) is 27.9. The van der Waals surface area contributed by atoms with Crippen LogP contribution in [0.15, 0.2) is 0 Å². The summed E-state index contributed by atoms with van der Waals surface area (Å²) in [6.45, 7) is 11.7. The van der Waals surface area contributed by atoms with E-state index in [9.17, 15) is 18.4 Å². The fourth-order valence-corrected chi connectivity index (χ4v) is 3.43. The predicted octanol–water partition coefficient (Wildman–Crippen LogP) is 4.68. The summed E-state index contributed by atoms with van der Waals surface area (Å²) in [5.74, 6) is 0. The van der Waals surface area contributed by atoms with Crippen molar-refractivity contribution >= 4 is 44.0 Å². The van der Waals surface area contributed by atoms with Gasteiger partial charge in [0, 0.05) is 13.1 Å². The smallest absolute Gasteiger partial charge is 0.410 e. The largest absolute Gasteiger partial charge is 0.444 e. The van der Waals surface area contributed by atoms with Crippen LogP contribution in [0, 0.1) is 0 Å². The molecule has 0 aromatic carbocycles. The Morgan fingerprint density at radius 3 is 1.21 bits per heavy atom. The quantitative estimate of drug-likeness (QED) is 0.423. The van der Waals surface area contributed by atoms with Gasteiger partial charge in [0.05, 0.1) is 22.7 Å². The van der Waals surface area contributed by atoms with Crippen molar-refractivity contribution in [1.29, 1.82) is 0 Å². The van der Waals surface area contributed by atoms with Crippen molar-refractivity contribution in [3.63, 3.8) is 0 Å². The molecule has 0 unspecified atom stereocenters. The third-order valence-corrected chi connectivity index (χ3v) is 5.39. The van der Waals surface area contributed by atoms with E-state index < -0.39 is 35.7 Å².